The predicted molar refractivity (Wildman–Crippen MR) is 91.9 cm³/mol. The zero-order chi connectivity index (χ0) is 15.5. The normalized spacial score (nSPS) is 26.5. The lowest BCUT2D eigenvalue weighted by molar-refractivity contribution is 0.309. The molecule has 0 bridgehead atoms. The molecule has 1 aromatic rings. The summed E-state index contributed by atoms with van der Waals surface area (Å²) < 4.78 is 0. The van der Waals surface area contributed by atoms with Crippen molar-refractivity contribution in [3.05, 3.63) is 29.1 Å². The molecule has 120 valence electrons. The van der Waals surface area contributed by atoms with Crippen LogP contribution in [0.3, 0.4) is 0 Å². The van der Waals surface area contributed by atoms with Gasteiger partial charge in [0.2, 0.25) is 5.95 Å². The molecule has 0 spiro atoms. The predicted octanol–water partition coefficient (Wildman–Crippen LogP) is 4.74. The summed E-state index contributed by atoms with van der Waals surface area (Å²) in [6, 6.07) is 0. The Labute approximate surface area is 134 Å². The van der Waals surface area contributed by atoms with Gasteiger partial charge in [0.1, 0.15) is 0 Å². The highest BCUT2D eigenvalue weighted by molar-refractivity contribution is 5.42. The zero-order valence-corrected chi connectivity index (χ0v) is 14.0. The minimum Gasteiger partial charge on any atom is -0.368 e. The Balaban J connectivity index is 1.92. The van der Waals surface area contributed by atoms with Crippen LogP contribution in [0.4, 0.5) is 5.95 Å². The molecular weight excluding hydrogens is 270 g/mol. The highest BCUT2D eigenvalue weighted by atomic mass is 15.0. The lowest BCUT2D eigenvalue weighted by Crippen LogP contribution is -2.25. The van der Waals surface area contributed by atoms with Gasteiger partial charge in [-0.1, -0.05) is 45.3 Å². The number of hydrogen-bond acceptors (Lipinski definition) is 3. The fourth-order valence-corrected chi connectivity index (χ4v) is 4.44. The number of rotatable bonds is 6. The van der Waals surface area contributed by atoms with Crippen molar-refractivity contribution in [1.29, 1.82) is 0 Å². The number of nitrogens with two attached hydrogens (primary N) is 1. The van der Waals surface area contributed by atoms with Crippen LogP contribution < -0.4 is 5.73 Å². The van der Waals surface area contributed by atoms with Gasteiger partial charge in [-0.25, -0.2) is 9.97 Å². The molecule has 3 rings (SSSR count). The molecule has 0 unspecified atom stereocenters. The third kappa shape index (κ3) is 2.90. The number of allylic oxidation sites excluding steroid dienone is 2. The van der Waals surface area contributed by atoms with Crippen LogP contribution in [-0.2, 0) is 6.42 Å². The van der Waals surface area contributed by atoms with E-state index in [2.05, 4.69) is 31.0 Å². The molecule has 1 heterocycles. The topological polar surface area (TPSA) is 51.8 Å². The largest absolute Gasteiger partial charge is 0.368 e. The summed E-state index contributed by atoms with van der Waals surface area (Å²) in [5, 5.41) is 0. The summed E-state index contributed by atoms with van der Waals surface area (Å²) in [5.74, 6) is 2.47. The van der Waals surface area contributed by atoms with E-state index >= 15 is 0 Å². The van der Waals surface area contributed by atoms with Crippen molar-refractivity contribution >= 4 is 5.95 Å². The van der Waals surface area contributed by atoms with Crippen LogP contribution in [0.5, 0.6) is 0 Å². The minimum atomic E-state index is 0.481. The van der Waals surface area contributed by atoms with Crippen LogP contribution >= 0.6 is 0 Å². The smallest absolute Gasteiger partial charge is 0.220 e. The van der Waals surface area contributed by atoms with Crippen molar-refractivity contribution in [1.82, 2.24) is 9.97 Å². The molecular formula is C19H29N3. The van der Waals surface area contributed by atoms with Gasteiger partial charge in [-0.2, -0.15) is 0 Å². The SMILES string of the molecule is CCCC=CC[C@@H]1c2nc(N)nc3c2[C@@H](CC3)C[C@H]1CCC. The molecule has 3 nitrogen and oxygen atoms in total. The van der Waals surface area contributed by atoms with Crippen LogP contribution in [-0.4, -0.2) is 9.97 Å². The molecule has 2 N–H and O–H groups in total. The summed E-state index contributed by atoms with van der Waals surface area (Å²) in [7, 11) is 0. The number of nitrogen functional groups attached to an aromatic ring is 1. The second-order valence-corrected chi connectivity index (χ2v) is 6.95. The molecule has 1 aromatic heterocycles. The summed E-state index contributed by atoms with van der Waals surface area (Å²) in [6.07, 6.45) is 14.5. The second-order valence-electron chi connectivity index (χ2n) is 6.95. The van der Waals surface area contributed by atoms with Gasteiger partial charge >= 0.3 is 0 Å². The monoisotopic (exact) mass is 299 g/mol. The quantitative estimate of drug-likeness (QED) is 0.772. The molecule has 0 saturated carbocycles. The first kappa shape index (κ1) is 15.5. The lowest BCUT2D eigenvalue weighted by atomic mass is 9.70. The number of nitrogens with zero attached hydrogens (tertiary/aromatic N) is 2. The maximum Gasteiger partial charge on any atom is 0.220 e. The second kappa shape index (κ2) is 6.80. The fraction of sp³-hybridized carbons (Fsp3) is 0.684. The molecule has 0 amide bonds. The van der Waals surface area contributed by atoms with E-state index in [0.29, 0.717) is 17.8 Å². The molecule has 0 aliphatic heterocycles. The van der Waals surface area contributed by atoms with Crippen LogP contribution in [0, 0.1) is 5.92 Å². The van der Waals surface area contributed by atoms with Gasteiger partial charge in [0.15, 0.2) is 0 Å². The van der Waals surface area contributed by atoms with Crippen LogP contribution in [0.1, 0.15) is 87.6 Å². The van der Waals surface area contributed by atoms with Gasteiger partial charge in [0.25, 0.3) is 0 Å². The molecule has 2 aliphatic carbocycles. The van der Waals surface area contributed by atoms with E-state index in [1.54, 1.807) is 0 Å². The van der Waals surface area contributed by atoms with E-state index in [-0.39, 0.29) is 0 Å². The molecule has 0 saturated heterocycles. The zero-order valence-electron chi connectivity index (χ0n) is 14.0. The Morgan fingerprint density at radius 3 is 2.82 bits per heavy atom. The molecule has 0 aromatic carbocycles. The summed E-state index contributed by atoms with van der Waals surface area (Å²) in [6.45, 7) is 4.53. The maximum atomic E-state index is 5.99. The first-order chi connectivity index (χ1) is 10.7. The van der Waals surface area contributed by atoms with E-state index in [1.807, 2.05) is 0 Å². The van der Waals surface area contributed by atoms with E-state index in [4.69, 9.17) is 10.7 Å². The maximum absolute atomic E-state index is 5.99. The van der Waals surface area contributed by atoms with Crippen LogP contribution in [0.15, 0.2) is 12.2 Å². The van der Waals surface area contributed by atoms with Crippen molar-refractivity contribution < 1.29 is 0 Å². The van der Waals surface area contributed by atoms with Crippen LogP contribution in [0.25, 0.3) is 0 Å². The molecule has 2 aliphatic rings. The minimum absolute atomic E-state index is 0.481. The van der Waals surface area contributed by atoms with Crippen molar-refractivity contribution in [3.8, 4) is 0 Å². The first-order valence-electron chi connectivity index (χ1n) is 9.05. The van der Waals surface area contributed by atoms with E-state index in [1.165, 1.54) is 55.5 Å². The first-order valence-corrected chi connectivity index (χ1v) is 9.05. The van der Waals surface area contributed by atoms with E-state index in [9.17, 15) is 0 Å². The molecule has 3 atom stereocenters. The highest BCUT2D eigenvalue weighted by Crippen LogP contribution is 2.50. The number of aryl methyl sites for hydroxylation is 1. The van der Waals surface area contributed by atoms with Gasteiger partial charge in [0.05, 0.1) is 5.69 Å². The molecule has 0 radical (unpaired) electrons. The third-order valence-corrected chi connectivity index (χ3v) is 5.39. The summed E-state index contributed by atoms with van der Waals surface area (Å²) in [4.78, 5) is 9.22. The summed E-state index contributed by atoms with van der Waals surface area (Å²) in [5.41, 5.74) is 9.99. The Kier molecular flexibility index (Phi) is 4.80. The molecule has 22 heavy (non-hydrogen) atoms. The average Bonchev–Trinajstić information content (AvgIpc) is 2.89. The van der Waals surface area contributed by atoms with Gasteiger partial charge in [-0.05, 0) is 49.5 Å². The number of anilines is 1. The van der Waals surface area contributed by atoms with Crippen molar-refractivity contribution in [2.75, 3.05) is 5.73 Å². The average molecular weight is 299 g/mol. The lowest BCUT2D eigenvalue weighted by Gasteiger charge is -2.35. The summed E-state index contributed by atoms with van der Waals surface area (Å²) >= 11 is 0. The third-order valence-electron chi connectivity index (χ3n) is 5.39. The van der Waals surface area contributed by atoms with Crippen molar-refractivity contribution in [3.63, 3.8) is 0 Å². The number of aromatic nitrogens is 2. The van der Waals surface area contributed by atoms with Crippen molar-refractivity contribution in [2.45, 2.75) is 77.0 Å². The Morgan fingerprint density at radius 1 is 1.18 bits per heavy atom. The van der Waals surface area contributed by atoms with Crippen LogP contribution in [0.2, 0.25) is 0 Å². The highest BCUT2D eigenvalue weighted by Gasteiger charge is 2.39. The molecule has 3 heteroatoms. The Bertz CT molecular complexity index is 550. The standard InChI is InChI=1S/C19H29N3/c1-3-5-6-7-9-15-13(8-4-2)12-14-10-11-16-17(14)18(15)22-19(20)21-16/h6-7,13-15H,3-5,8-12H2,1-2H3,(H2,20,21,22)/t13-,14+,15+/m1/s1. The molecule has 0 fully saturated rings. The Hall–Kier alpha value is -1.38. The fourth-order valence-electron chi connectivity index (χ4n) is 4.44. The number of unbranched alkanes of at least 4 members (excludes halogenated alkanes) is 1. The van der Waals surface area contributed by atoms with E-state index in [0.717, 1.165) is 18.8 Å². The van der Waals surface area contributed by atoms with Gasteiger partial charge in [-0.15, -0.1) is 0 Å². The van der Waals surface area contributed by atoms with Gasteiger partial charge in [0, 0.05) is 11.6 Å². The Morgan fingerprint density at radius 2 is 2.05 bits per heavy atom. The number of hydrogen-bond donors (Lipinski definition) is 1. The van der Waals surface area contributed by atoms with Crippen molar-refractivity contribution in [2.24, 2.45) is 5.92 Å². The van der Waals surface area contributed by atoms with Gasteiger partial charge < -0.3 is 5.73 Å². The van der Waals surface area contributed by atoms with E-state index < -0.39 is 0 Å². The van der Waals surface area contributed by atoms with Gasteiger partial charge in [-0.3, -0.25) is 0 Å².